The molecule has 24 heavy (non-hydrogen) atoms. The van der Waals surface area contributed by atoms with Crippen molar-refractivity contribution in [3.05, 3.63) is 75.8 Å². The number of benzene rings is 2. The van der Waals surface area contributed by atoms with Gasteiger partial charge in [-0.1, -0.05) is 40.2 Å². The number of anilines is 1. The third-order valence-electron chi connectivity index (χ3n) is 3.15. The summed E-state index contributed by atoms with van der Waals surface area (Å²) in [5.41, 5.74) is 2.53. The highest BCUT2D eigenvalue weighted by atomic mass is 79.9. The summed E-state index contributed by atoms with van der Waals surface area (Å²) >= 11 is 4.79. The van der Waals surface area contributed by atoms with E-state index in [0.717, 1.165) is 21.3 Å². The molecule has 0 saturated carbocycles. The maximum Gasteiger partial charge on any atom is 0.250 e. The number of nitrogens with zero attached hydrogens (tertiary/aromatic N) is 1. The van der Waals surface area contributed by atoms with Crippen LogP contribution in [0.5, 0.6) is 0 Å². The smallest absolute Gasteiger partial charge is 0.250 e. The standard InChI is InChI=1S/C18H12BrFN2OS/c19-14-3-1-2-13(10-14)16-11-24-18(21-16)22-17(23)9-6-12-4-7-15(20)8-5-12/h1-11H,(H,21,22,23)/b9-6+. The molecule has 3 nitrogen and oxygen atoms in total. The van der Waals surface area contributed by atoms with E-state index in [0.29, 0.717) is 5.13 Å². The molecular formula is C18H12BrFN2OS. The molecule has 0 unspecified atom stereocenters. The Morgan fingerprint density at radius 2 is 2.00 bits per heavy atom. The number of hydrogen-bond donors (Lipinski definition) is 1. The number of carbonyl (C=O) groups excluding carboxylic acids is 1. The highest BCUT2D eigenvalue weighted by Crippen LogP contribution is 2.26. The summed E-state index contributed by atoms with van der Waals surface area (Å²) in [5, 5.41) is 5.14. The summed E-state index contributed by atoms with van der Waals surface area (Å²) in [5.74, 6) is -0.589. The first-order chi connectivity index (χ1) is 11.6. The maximum atomic E-state index is 12.8. The van der Waals surface area contributed by atoms with Crippen LogP contribution in [0, 0.1) is 5.82 Å². The van der Waals surface area contributed by atoms with Crippen LogP contribution in [0.4, 0.5) is 9.52 Å². The third kappa shape index (κ3) is 4.37. The largest absolute Gasteiger partial charge is 0.298 e. The number of halogens is 2. The first kappa shape index (κ1) is 16.5. The van der Waals surface area contributed by atoms with Gasteiger partial charge in [0.1, 0.15) is 5.82 Å². The monoisotopic (exact) mass is 402 g/mol. The van der Waals surface area contributed by atoms with Crippen molar-refractivity contribution < 1.29 is 9.18 Å². The Hall–Kier alpha value is -2.31. The van der Waals surface area contributed by atoms with E-state index >= 15 is 0 Å². The zero-order valence-corrected chi connectivity index (χ0v) is 14.8. The highest BCUT2D eigenvalue weighted by Gasteiger charge is 2.06. The van der Waals surface area contributed by atoms with Crippen molar-refractivity contribution in [2.75, 3.05) is 5.32 Å². The second-order valence-electron chi connectivity index (χ2n) is 4.92. The molecule has 0 fully saturated rings. The van der Waals surface area contributed by atoms with Crippen LogP contribution in [0.15, 0.2) is 64.5 Å². The van der Waals surface area contributed by atoms with E-state index in [1.807, 2.05) is 29.6 Å². The maximum absolute atomic E-state index is 12.8. The van der Waals surface area contributed by atoms with Crippen LogP contribution in [0.2, 0.25) is 0 Å². The molecule has 1 N–H and O–H groups in total. The van der Waals surface area contributed by atoms with Crippen molar-refractivity contribution in [1.29, 1.82) is 0 Å². The van der Waals surface area contributed by atoms with Gasteiger partial charge in [-0.3, -0.25) is 10.1 Å². The van der Waals surface area contributed by atoms with Crippen molar-refractivity contribution in [2.24, 2.45) is 0 Å². The molecule has 0 bridgehead atoms. The molecule has 0 radical (unpaired) electrons. The van der Waals surface area contributed by atoms with Crippen molar-refractivity contribution in [1.82, 2.24) is 4.98 Å². The minimum Gasteiger partial charge on any atom is -0.298 e. The second-order valence-corrected chi connectivity index (χ2v) is 6.70. The molecule has 3 rings (SSSR count). The average Bonchev–Trinajstić information content (AvgIpc) is 3.03. The highest BCUT2D eigenvalue weighted by molar-refractivity contribution is 9.10. The molecule has 3 aromatic rings. The van der Waals surface area contributed by atoms with Crippen LogP contribution in [-0.4, -0.2) is 10.9 Å². The predicted octanol–water partition coefficient (Wildman–Crippen LogP) is 5.36. The van der Waals surface area contributed by atoms with Crippen LogP contribution in [0.3, 0.4) is 0 Å². The lowest BCUT2D eigenvalue weighted by molar-refractivity contribution is -0.111. The van der Waals surface area contributed by atoms with Crippen LogP contribution >= 0.6 is 27.3 Å². The van der Waals surface area contributed by atoms with E-state index in [9.17, 15) is 9.18 Å². The van der Waals surface area contributed by atoms with Gasteiger partial charge in [0.15, 0.2) is 5.13 Å². The Morgan fingerprint density at radius 1 is 1.21 bits per heavy atom. The Balaban J connectivity index is 1.66. The number of thiazole rings is 1. The minimum absolute atomic E-state index is 0.283. The van der Waals surface area contributed by atoms with E-state index in [4.69, 9.17) is 0 Å². The second kappa shape index (κ2) is 7.51. The average molecular weight is 403 g/mol. The molecule has 0 aliphatic heterocycles. The SMILES string of the molecule is O=C(/C=C/c1ccc(F)cc1)Nc1nc(-c2cccc(Br)c2)cs1. The summed E-state index contributed by atoms with van der Waals surface area (Å²) in [6.45, 7) is 0. The zero-order valence-electron chi connectivity index (χ0n) is 12.4. The fraction of sp³-hybridized carbons (Fsp3) is 0. The lowest BCUT2D eigenvalue weighted by atomic mass is 10.2. The van der Waals surface area contributed by atoms with Crippen LogP contribution in [-0.2, 0) is 4.79 Å². The summed E-state index contributed by atoms with van der Waals surface area (Å²) in [6, 6.07) is 13.7. The van der Waals surface area contributed by atoms with Crippen molar-refractivity contribution in [2.45, 2.75) is 0 Å². The van der Waals surface area contributed by atoms with E-state index in [-0.39, 0.29) is 11.7 Å². The predicted molar refractivity (Wildman–Crippen MR) is 99.3 cm³/mol. The van der Waals surface area contributed by atoms with Gasteiger partial charge in [0, 0.05) is 21.5 Å². The molecule has 0 aliphatic carbocycles. The fourth-order valence-corrected chi connectivity index (χ4v) is 3.13. The van der Waals surface area contributed by atoms with Gasteiger partial charge in [-0.15, -0.1) is 11.3 Å². The van der Waals surface area contributed by atoms with Gasteiger partial charge in [-0.25, -0.2) is 9.37 Å². The molecule has 2 aromatic carbocycles. The van der Waals surface area contributed by atoms with E-state index in [1.165, 1.54) is 29.5 Å². The van der Waals surface area contributed by atoms with Crippen molar-refractivity contribution >= 4 is 44.4 Å². The Bertz CT molecular complexity index is 890. The summed E-state index contributed by atoms with van der Waals surface area (Å²) in [4.78, 5) is 16.4. The number of hydrogen-bond acceptors (Lipinski definition) is 3. The van der Waals surface area contributed by atoms with E-state index in [2.05, 4.69) is 26.2 Å². The van der Waals surface area contributed by atoms with Gasteiger partial charge < -0.3 is 0 Å². The minimum atomic E-state index is -0.306. The molecular weight excluding hydrogens is 391 g/mol. The molecule has 0 atom stereocenters. The molecule has 6 heteroatoms. The zero-order chi connectivity index (χ0) is 16.9. The fourth-order valence-electron chi connectivity index (χ4n) is 2.00. The third-order valence-corrected chi connectivity index (χ3v) is 4.40. The first-order valence-electron chi connectivity index (χ1n) is 7.06. The number of nitrogens with one attached hydrogen (secondary N) is 1. The van der Waals surface area contributed by atoms with Crippen molar-refractivity contribution in [3.8, 4) is 11.3 Å². The normalized spacial score (nSPS) is 10.9. The van der Waals surface area contributed by atoms with Crippen LogP contribution in [0.25, 0.3) is 17.3 Å². The molecule has 0 saturated heterocycles. The summed E-state index contributed by atoms with van der Waals surface area (Å²) in [7, 11) is 0. The van der Waals surface area contributed by atoms with E-state index < -0.39 is 0 Å². The topological polar surface area (TPSA) is 42.0 Å². The van der Waals surface area contributed by atoms with Gasteiger partial charge >= 0.3 is 0 Å². The molecule has 0 aliphatic rings. The Kier molecular flexibility index (Phi) is 5.17. The van der Waals surface area contributed by atoms with Gasteiger partial charge in [0.2, 0.25) is 5.91 Å². The van der Waals surface area contributed by atoms with Gasteiger partial charge in [0.25, 0.3) is 0 Å². The van der Waals surface area contributed by atoms with Crippen LogP contribution < -0.4 is 5.32 Å². The first-order valence-corrected chi connectivity index (χ1v) is 8.73. The number of amides is 1. The number of aromatic nitrogens is 1. The molecule has 1 amide bonds. The van der Waals surface area contributed by atoms with Gasteiger partial charge in [0.05, 0.1) is 5.69 Å². The summed E-state index contributed by atoms with van der Waals surface area (Å²) in [6.07, 6.45) is 3.02. The lowest BCUT2D eigenvalue weighted by Crippen LogP contribution is -2.07. The van der Waals surface area contributed by atoms with Crippen molar-refractivity contribution in [3.63, 3.8) is 0 Å². The molecule has 1 aromatic heterocycles. The summed E-state index contributed by atoms with van der Waals surface area (Å²) < 4.78 is 13.8. The van der Waals surface area contributed by atoms with Gasteiger partial charge in [-0.05, 0) is 35.9 Å². The Morgan fingerprint density at radius 3 is 2.75 bits per heavy atom. The van der Waals surface area contributed by atoms with Gasteiger partial charge in [-0.2, -0.15) is 0 Å². The molecule has 1 heterocycles. The molecule has 120 valence electrons. The molecule has 0 spiro atoms. The van der Waals surface area contributed by atoms with Crippen LogP contribution in [0.1, 0.15) is 5.56 Å². The quantitative estimate of drug-likeness (QED) is 0.596. The number of rotatable bonds is 4. The Labute approximate surface area is 151 Å². The number of carbonyl (C=O) groups is 1. The van der Waals surface area contributed by atoms with E-state index in [1.54, 1.807) is 18.2 Å². The lowest BCUT2D eigenvalue weighted by Gasteiger charge is -1.98.